The van der Waals surface area contributed by atoms with Gasteiger partial charge in [0, 0.05) is 29.4 Å². The van der Waals surface area contributed by atoms with E-state index in [1.54, 1.807) is 0 Å². The van der Waals surface area contributed by atoms with Crippen molar-refractivity contribution in [1.29, 1.82) is 0 Å². The first kappa shape index (κ1) is 17.1. The van der Waals surface area contributed by atoms with Crippen LogP contribution in [0.1, 0.15) is 55.4 Å². The van der Waals surface area contributed by atoms with Gasteiger partial charge in [-0.25, -0.2) is 9.97 Å². The molecule has 1 aromatic carbocycles. The number of benzene rings is 1. The van der Waals surface area contributed by atoms with Crippen molar-refractivity contribution >= 4 is 5.82 Å². The maximum absolute atomic E-state index is 4.62. The highest BCUT2D eigenvalue weighted by molar-refractivity contribution is 5.39. The molecule has 0 spiro atoms. The number of anilines is 1. The van der Waals surface area contributed by atoms with Gasteiger partial charge < -0.3 is 5.32 Å². The third-order valence-electron chi connectivity index (χ3n) is 4.09. The van der Waals surface area contributed by atoms with Crippen molar-refractivity contribution in [1.82, 2.24) is 19.7 Å². The van der Waals surface area contributed by atoms with Crippen molar-refractivity contribution in [2.45, 2.75) is 46.2 Å². The van der Waals surface area contributed by atoms with Crippen LogP contribution in [0.25, 0.3) is 0 Å². The Labute approximate surface area is 149 Å². The third kappa shape index (κ3) is 4.44. The van der Waals surface area contributed by atoms with Gasteiger partial charge in [-0.2, -0.15) is 5.10 Å². The van der Waals surface area contributed by atoms with Gasteiger partial charge >= 0.3 is 0 Å². The van der Waals surface area contributed by atoms with Crippen LogP contribution < -0.4 is 5.32 Å². The Bertz CT molecular complexity index is 823. The molecule has 5 heteroatoms. The second-order valence-corrected chi connectivity index (χ2v) is 6.73. The van der Waals surface area contributed by atoms with Gasteiger partial charge in [-0.05, 0) is 19.4 Å². The van der Waals surface area contributed by atoms with Crippen LogP contribution in [0, 0.1) is 6.92 Å². The van der Waals surface area contributed by atoms with Crippen LogP contribution in [0.4, 0.5) is 5.82 Å². The first-order valence-corrected chi connectivity index (χ1v) is 8.69. The zero-order chi connectivity index (χ0) is 17.8. The number of hydrogen-bond donors (Lipinski definition) is 1. The molecule has 0 aliphatic rings. The molecule has 0 amide bonds. The number of nitrogens with one attached hydrogen (secondary N) is 1. The molecule has 0 aliphatic heterocycles. The SMILES string of the molecule is Cc1cc(NC(C)c2cnn(Cc3ccccc3)c2)nc(C(C)C)n1. The standard InChI is InChI=1S/C20H25N5/c1-14(2)20-22-15(3)10-19(24-20)23-16(4)18-11-21-25(13-18)12-17-8-6-5-7-9-17/h5-11,13-14,16H,12H2,1-4H3,(H,22,23,24). The summed E-state index contributed by atoms with van der Waals surface area (Å²) in [6, 6.07) is 12.5. The second kappa shape index (κ2) is 7.47. The zero-order valence-corrected chi connectivity index (χ0v) is 15.3. The summed E-state index contributed by atoms with van der Waals surface area (Å²) in [6.07, 6.45) is 4.00. The van der Waals surface area contributed by atoms with Gasteiger partial charge in [-0.1, -0.05) is 44.2 Å². The lowest BCUT2D eigenvalue weighted by Gasteiger charge is -2.15. The first-order chi connectivity index (χ1) is 12.0. The van der Waals surface area contributed by atoms with Crippen LogP contribution in [0.5, 0.6) is 0 Å². The summed E-state index contributed by atoms with van der Waals surface area (Å²) in [5.74, 6) is 2.04. The monoisotopic (exact) mass is 335 g/mol. The van der Waals surface area contributed by atoms with E-state index in [1.807, 2.05) is 42.1 Å². The van der Waals surface area contributed by atoms with Crippen LogP contribution >= 0.6 is 0 Å². The van der Waals surface area contributed by atoms with Gasteiger partial charge in [-0.15, -0.1) is 0 Å². The van der Waals surface area contributed by atoms with Gasteiger partial charge in [0.1, 0.15) is 11.6 Å². The van der Waals surface area contributed by atoms with Crippen LogP contribution in [-0.2, 0) is 6.54 Å². The maximum Gasteiger partial charge on any atom is 0.133 e. The average Bonchev–Trinajstić information content (AvgIpc) is 3.04. The number of aromatic nitrogens is 4. The lowest BCUT2D eigenvalue weighted by atomic mass is 10.2. The second-order valence-electron chi connectivity index (χ2n) is 6.73. The Balaban J connectivity index is 1.71. The minimum absolute atomic E-state index is 0.124. The summed E-state index contributed by atoms with van der Waals surface area (Å²) in [5.41, 5.74) is 3.36. The summed E-state index contributed by atoms with van der Waals surface area (Å²) in [4.78, 5) is 9.12. The van der Waals surface area contributed by atoms with Crippen molar-refractivity contribution in [2.75, 3.05) is 5.32 Å². The molecule has 3 aromatic rings. The Morgan fingerprint density at radius 2 is 1.84 bits per heavy atom. The molecule has 0 radical (unpaired) electrons. The van der Waals surface area contributed by atoms with Crippen molar-refractivity contribution in [3.05, 3.63) is 71.4 Å². The minimum Gasteiger partial charge on any atom is -0.363 e. The van der Waals surface area contributed by atoms with Crippen LogP contribution in [0.3, 0.4) is 0 Å². The van der Waals surface area contributed by atoms with E-state index in [4.69, 9.17) is 0 Å². The molecule has 1 atom stereocenters. The van der Waals surface area contributed by atoms with Crippen LogP contribution in [0.15, 0.2) is 48.8 Å². The summed E-state index contributed by atoms with van der Waals surface area (Å²) in [5, 5.41) is 7.95. The Morgan fingerprint density at radius 1 is 1.08 bits per heavy atom. The third-order valence-corrected chi connectivity index (χ3v) is 4.09. The van der Waals surface area contributed by atoms with Gasteiger partial charge in [0.25, 0.3) is 0 Å². The Hall–Kier alpha value is -2.69. The fourth-order valence-corrected chi connectivity index (χ4v) is 2.69. The summed E-state index contributed by atoms with van der Waals surface area (Å²) in [6.45, 7) is 9.11. The highest BCUT2D eigenvalue weighted by atomic mass is 15.3. The van der Waals surface area contributed by atoms with E-state index in [1.165, 1.54) is 5.56 Å². The largest absolute Gasteiger partial charge is 0.363 e. The smallest absolute Gasteiger partial charge is 0.133 e. The molecule has 0 fully saturated rings. The van der Waals surface area contributed by atoms with E-state index in [9.17, 15) is 0 Å². The normalized spacial score (nSPS) is 12.4. The van der Waals surface area contributed by atoms with E-state index >= 15 is 0 Å². The van der Waals surface area contributed by atoms with Crippen molar-refractivity contribution < 1.29 is 0 Å². The van der Waals surface area contributed by atoms with E-state index in [0.29, 0.717) is 5.92 Å². The van der Waals surface area contributed by atoms with Gasteiger partial charge in [0.15, 0.2) is 0 Å². The van der Waals surface area contributed by atoms with Crippen molar-refractivity contribution in [3.63, 3.8) is 0 Å². The molecule has 0 bridgehead atoms. The van der Waals surface area contributed by atoms with Gasteiger partial charge in [-0.3, -0.25) is 4.68 Å². The maximum atomic E-state index is 4.62. The summed E-state index contributed by atoms with van der Waals surface area (Å²) < 4.78 is 1.97. The van der Waals surface area contributed by atoms with Gasteiger partial charge in [0.2, 0.25) is 0 Å². The Kier molecular flexibility index (Phi) is 5.12. The Morgan fingerprint density at radius 3 is 2.56 bits per heavy atom. The van der Waals surface area contributed by atoms with Gasteiger partial charge in [0.05, 0.1) is 18.8 Å². The van der Waals surface area contributed by atoms with E-state index in [0.717, 1.165) is 29.4 Å². The minimum atomic E-state index is 0.124. The molecule has 3 rings (SSSR count). The molecule has 0 saturated heterocycles. The molecule has 1 N–H and O–H groups in total. The molecular formula is C20H25N5. The van der Waals surface area contributed by atoms with E-state index in [2.05, 4.69) is 59.5 Å². The molecular weight excluding hydrogens is 310 g/mol. The number of hydrogen-bond acceptors (Lipinski definition) is 4. The molecule has 5 nitrogen and oxygen atoms in total. The van der Waals surface area contributed by atoms with Crippen LogP contribution in [0.2, 0.25) is 0 Å². The number of aryl methyl sites for hydroxylation is 1. The molecule has 0 aliphatic carbocycles. The topological polar surface area (TPSA) is 55.6 Å². The molecule has 2 heterocycles. The molecule has 25 heavy (non-hydrogen) atoms. The molecule has 1 unspecified atom stereocenters. The lowest BCUT2D eigenvalue weighted by molar-refractivity contribution is 0.685. The summed E-state index contributed by atoms with van der Waals surface area (Å²) in [7, 11) is 0. The highest BCUT2D eigenvalue weighted by Gasteiger charge is 2.11. The fourth-order valence-electron chi connectivity index (χ4n) is 2.69. The molecule has 130 valence electrons. The number of nitrogens with zero attached hydrogens (tertiary/aromatic N) is 4. The van der Waals surface area contributed by atoms with Crippen molar-refractivity contribution in [3.8, 4) is 0 Å². The van der Waals surface area contributed by atoms with Crippen molar-refractivity contribution in [2.24, 2.45) is 0 Å². The zero-order valence-electron chi connectivity index (χ0n) is 15.3. The fraction of sp³-hybridized carbons (Fsp3) is 0.350. The predicted octanol–water partition coefficient (Wildman–Crippen LogP) is 4.33. The first-order valence-electron chi connectivity index (χ1n) is 8.69. The quantitative estimate of drug-likeness (QED) is 0.728. The van der Waals surface area contributed by atoms with E-state index in [-0.39, 0.29) is 6.04 Å². The number of rotatable bonds is 6. The van der Waals surface area contributed by atoms with E-state index < -0.39 is 0 Å². The predicted molar refractivity (Wildman–Crippen MR) is 101 cm³/mol. The highest BCUT2D eigenvalue weighted by Crippen LogP contribution is 2.20. The average molecular weight is 335 g/mol. The molecule has 2 aromatic heterocycles. The summed E-state index contributed by atoms with van der Waals surface area (Å²) >= 11 is 0. The lowest BCUT2D eigenvalue weighted by Crippen LogP contribution is -2.10. The molecule has 0 saturated carbocycles. The van der Waals surface area contributed by atoms with Crippen LogP contribution in [-0.4, -0.2) is 19.7 Å².